The van der Waals surface area contributed by atoms with Crippen LogP contribution in [0.3, 0.4) is 0 Å². The third-order valence-corrected chi connectivity index (χ3v) is 5.77. The maximum Gasteiger partial charge on any atom is 0.0706 e. The maximum absolute atomic E-state index is 4.41. The zero-order valence-corrected chi connectivity index (χ0v) is 11.0. The van der Waals surface area contributed by atoms with E-state index in [0.717, 1.165) is 36.3 Å². The summed E-state index contributed by atoms with van der Waals surface area (Å²) in [7, 11) is 0. The molecule has 2 aromatic rings. The van der Waals surface area contributed by atoms with Crippen molar-refractivity contribution in [1.82, 2.24) is 14.9 Å². The van der Waals surface area contributed by atoms with Gasteiger partial charge in [0, 0.05) is 24.3 Å². The number of hydrogen-bond acceptors (Lipinski definition) is 2. The molecule has 3 heteroatoms. The summed E-state index contributed by atoms with van der Waals surface area (Å²) in [5, 5.41) is 8.21. The summed E-state index contributed by atoms with van der Waals surface area (Å²) in [4.78, 5) is 0. The van der Waals surface area contributed by atoms with Gasteiger partial charge in [-0.1, -0.05) is 6.07 Å². The number of aromatic nitrogens is 2. The first-order chi connectivity index (χ1) is 9.42. The third kappa shape index (κ3) is 1.39. The van der Waals surface area contributed by atoms with Gasteiger partial charge in [0.1, 0.15) is 0 Å². The lowest BCUT2D eigenvalue weighted by Crippen LogP contribution is -2.22. The molecule has 4 unspecified atom stereocenters. The van der Waals surface area contributed by atoms with Gasteiger partial charge in [0.2, 0.25) is 0 Å². The van der Waals surface area contributed by atoms with Crippen LogP contribution < -0.4 is 5.32 Å². The third-order valence-electron chi connectivity index (χ3n) is 5.77. The molecule has 0 radical (unpaired) electrons. The topological polar surface area (TPSA) is 29.3 Å². The number of nitrogens with zero attached hydrogens (tertiary/aromatic N) is 2. The van der Waals surface area contributed by atoms with E-state index in [4.69, 9.17) is 0 Å². The van der Waals surface area contributed by atoms with Crippen molar-refractivity contribution in [2.24, 2.45) is 23.7 Å². The minimum absolute atomic E-state index is 0.810. The van der Waals surface area contributed by atoms with Crippen molar-refractivity contribution in [3.05, 3.63) is 36.2 Å². The average Bonchev–Trinajstić information content (AvgIpc) is 2.85. The highest BCUT2D eigenvalue weighted by molar-refractivity contribution is 5.53. The van der Waals surface area contributed by atoms with E-state index in [1.807, 2.05) is 23.0 Å². The van der Waals surface area contributed by atoms with Crippen LogP contribution in [0.25, 0.3) is 5.52 Å². The van der Waals surface area contributed by atoms with Gasteiger partial charge in [0.25, 0.3) is 0 Å². The Hall–Kier alpha value is -1.35. The van der Waals surface area contributed by atoms with E-state index >= 15 is 0 Å². The van der Waals surface area contributed by atoms with Gasteiger partial charge < -0.3 is 5.32 Å². The molecule has 2 aromatic heterocycles. The second-order valence-corrected chi connectivity index (χ2v) is 6.59. The van der Waals surface area contributed by atoms with Crippen LogP contribution in [0.5, 0.6) is 0 Å². The standard InChI is InChI=1S/C16H19N3/c1-2-6-19-13(3-1)12(9-18-19)8-17-16-14-10-4-5-11(7-10)15(14)16/h1-3,6,9-11,14-17H,4-5,7-8H2. The number of hydrogen-bond donors (Lipinski definition) is 1. The van der Waals surface area contributed by atoms with Crippen molar-refractivity contribution in [3.8, 4) is 0 Å². The zero-order chi connectivity index (χ0) is 12.4. The largest absolute Gasteiger partial charge is 0.309 e. The highest BCUT2D eigenvalue weighted by Gasteiger charge is 2.64. The Balaban J connectivity index is 1.32. The van der Waals surface area contributed by atoms with E-state index in [0.29, 0.717) is 0 Å². The molecule has 98 valence electrons. The smallest absolute Gasteiger partial charge is 0.0706 e. The van der Waals surface area contributed by atoms with Crippen molar-refractivity contribution < 1.29 is 0 Å². The Morgan fingerprint density at radius 1 is 1.21 bits per heavy atom. The summed E-state index contributed by atoms with van der Waals surface area (Å²) in [5.74, 6) is 4.13. The summed E-state index contributed by atoms with van der Waals surface area (Å²) < 4.78 is 1.97. The highest BCUT2D eigenvalue weighted by Crippen LogP contribution is 2.65. The van der Waals surface area contributed by atoms with Crippen LogP contribution >= 0.6 is 0 Å². The monoisotopic (exact) mass is 253 g/mol. The minimum atomic E-state index is 0.810. The molecule has 3 fully saturated rings. The second-order valence-electron chi connectivity index (χ2n) is 6.59. The molecule has 1 N–H and O–H groups in total. The fourth-order valence-corrected chi connectivity index (χ4v) is 4.95. The van der Waals surface area contributed by atoms with E-state index in [2.05, 4.69) is 22.5 Å². The van der Waals surface area contributed by atoms with Crippen LogP contribution in [0.15, 0.2) is 30.6 Å². The van der Waals surface area contributed by atoms with Crippen molar-refractivity contribution in [1.29, 1.82) is 0 Å². The van der Waals surface area contributed by atoms with Crippen molar-refractivity contribution in [2.75, 3.05) is 0 Å². The molecule has 0 amide bonds. The lowest BCUT2D eigenvalue weighted by molar-refractivity contribution is 0.456. The SMILES string of the molecule is c1ccn2ncc(CNC3C4C5CCC(C5)C34)c2c1. The van der Waals surface area contributed by atoms with Crippen LogP contribution in [-0.4, -0.2) is 15.7 Å². The number of rotatable bonds is 3. The Labute approximate surface area is 113 Å². The molecule has 3 aliphatic carbocycles. The summed E-state index contributed by atoms with van der Waals surface area (Å²) in [6.45, 7) is 0.977. The van der Waals surface area contributed by atoms with Gasteiger partial charge >= 0.3 is 0 Å². The summed E-state index contributed by atoms with van der Waals surface area (Å²) in [5.41, 5.74) is 2.57. The maximum atomic E-state index is 4.41. The first kappa shape index (κ1) is 10.4. The summed E-state index contributed by atoms with van der Waals surface area (Å²) in [6, 6.07) is 7.08. The quantitative estimate of drug-likeness (QED) is 0.910. The van der Waals surface area contributed by atoms with Gasteiger partial charge in [-0.05, 0) is 55.1 Å². The molecule has 3 saturated carbocycles. The summed E-state index contributed by atoms with van der Waals surface area (Å²) in [6.07, 6.45) is 8.56. The Morgan fingerprint density at radius 2 is 2.05 bits per heavy atom. The zero-order valence-electron chi connectivity index (χ0n) is 11.0. The molecule has 0 saturated heterocycles. The van der Waals surface area contributed by atoms with Crippen LogP contribution in [0, 0.1) is 23.7 Å². The van der Waals surface area contributed by atoms with Gasteiger partial charge in [0.05, 0.1) is 11.7 Å². The molecule has 2 heterocycles. The molecule has 4 atom stereocenters. The molecular formula is C16H19N3. The van der Waals surface area contributed by atoms with E-state index in [-0.39, 0.29) is 0 Å². The molecular weight excluding hydrogens is 234 g/mol. The van der Waals surface area contributed by atoms with Crippen molar-refractivity contribution >= 4 is 5.52 Å². The molecule has 0 aromatic carbocycles. The fraction of sp³-hybridized carbons (Fsp3) is 0.562. The first-order valence-electron chi connectivity index (χ1n) is 7.56. The first-order valence-corrected chi connectivity index (χ1v) is 7.56. The number of pyridine rings is 1. The summed E-state index contributed by atoms with van der Waals surface area (Å²) >= 11 is 0. The van der Waals surface area contributed by atoms with Gasteiger partial charge in [-0.2, -0.15) is 5.10 Å². The van der Waals surface area contributed by atoms with Crippen LogP contribution in [0.2, 0.25) is 0 Å². The lowest BCUT2D eigenvalue weighted by Gasteiger charge is -2.09. The van der Waals surface area contributed by atoms with Gasteiger partial charge in [0.15, 0.2) is 0 Å². The number of fused-ring (bicyclic) bond motifs is 6. The molecule has 3 aliphatic rings. The van der Waals surface area contributed by atoms with E-state index in [1.54, 1.807) is 0 Å². The fourth-order valence-electron chi connectivity index (χ4n) is 4.95. The van der Waals surface area contributed by atoms with Gasteiger partial charge in [-0.3, -0.25) is 0 Å². The predicted molar refractivity (Wildman–Crippen MR) is 73.6 cm³/mol. The Kier molecular flexibility index (Phi) is 1.98. The van der Waals surface area contributed by atoms with Crippen LogP contribution in [0.4, 0.5) is 0 Å². The number of nitrogens with one attached hydrogen (secondary N) is 1. The normalized spacial score (nSPS) is 38.8. The molecule has 2 bridgehead atoms. The van der Waals surface area contributed by atoms with Gasteiger partial charge in [-0.25, -0.2) is 4.52 Å². The molecule has 0 aliphatic heterocycles. The van der Waals surface area contributed by atoms with Gasteiger partial charge in [-0.15, -0.1) is 0 Å². The second kappa shape index (κ2) is 3.60. The molecule has 5 rings (SSSR count). The lowest BCUT2D eigenvalue weighted by atomic mass is 10.0. The van der Waals surface area contributed by atoms with Crippen molar-refractivity contribution in [3.63, 3.8) is 0 Å². The Morgan fingerprint density at radius 3 is 2.89 bits per heavy atom. The molecule has 3 nitrogen and oxygen atoms in total. The van der Waals surface area contributed by atoms with E-state index < -0.39 is 0 Å². The van der Waals surface area contributed by atoms with E-state index in [1.165, 1.54) is 30.3 Å². The Bertz CT molecular complexity index is 616. The van der Waals surface area contributed by atoms with Crippen molar-refractivity contribution in [2.45, 2.75) is 31.8 Å². The van der Waals surface area contributed by atoms with Crippen LogP contribution in [-0.2, 0) is 6.54 Å². The van der Waals surface area contributed by atoms with Crippen LogP contribution in [0.1, 0.15) is 24.8 Å². The van der Waals surface area contributed by atoms with E-state index in [9.17, 15) is 0 Å². The minimum Gasteiger partial charge on any atom is -0.309 e. The molecule has 19 heavy (non-hydrogen) atoms. The average molecular weight is 253 g/mol. The molecule has 0 spiro atoms. The predicted octanol–water partition coefficient (Wildman–Crippen LogP) is 2.47. The highest BCUT2D eigenvalue weighted by atomic mass is 15.2.